The Kier molecular flexibility index (Phi) is 5.87. The third-order valence-electron chi connectivity index (χ3n) is 4.90. The first-order chi connectivity index (χ1) is 14.5. The van der Waals surface area contributed by atoms with Gasteiger partial charge in [-0.05, 0) is 44.2 Å². The van der Waals surface area contributed by atoms with Crippen molar-refractivity contribution in [2.24, 2.45) is 0 Å². The lowest BCUT2D eigenvalue weighted by Crippen LogP contribution is -2.15. The molecule has 8 nitrogen and oxygen atoms in total. The molecule has 30 heavy (non-hydrogen) atoms. The highest BCUT2D eigenvalue weighted by molar-refractivity contribution is 8.00. The Morgan fingerprint density at radius 2 is 2.13 bits per heavy atom. The summed E-state index contributed by atoms with van der Waals surface area (Å²) in [6.45, 7) is 1.86. The van der Waals surface area contributed by atoms with Crippen LogP contribution in [0.3, 0.4) is 0 Å². The molecule has 1 aliphatic carbocycles. The molecule has 1 amide bonds. The lowest BCUT2D eigenvalue weighted by molar-refractivity contribution is -0.384. The zero-order valence-corrected chi connectivity index (χ0v) is 18.2. The molecule has 0 aliphatic heterocycles. The number of hydrogen-bond acceptors (Lipinski definition) is 8. The molecular formula is C20H20N4O4S2. The van der Waals surface area contributed by atoms with Gasteiger partial charge in [0.1, 0.15) is 21.4 Å². The number of benzene rings is 1. The largest absolute Gasteiger partial charge is 0.495 e. The number of fused-ring (bicyclic) bond motifs is 3. The zero-order chi connectivity index (χ0) is 21.3. The summed E-state index contributed by atoms with van der Waals surface area (Å²) in [7, 11) is 1.45. The van der Waals surface area contributed by atoms with Gasteiger partial charge in [-0.1, -0.05) is 11.8 Å². The van der Waals surface area contributed by atoms with Gasteiger partial charge in [0.15, 0.2) is 0 Å². The molecule has 1 aliphatic rings. The van der Waals surface area contributed by atoms with Crippen molar-refractivity contribution >= 4 is 50.6 Å². The molecule has 0 radical (unpaired) electrons. The van der Waals surface area contributed by atoms with Gasteiger partial charge in [0.25, 0.3) is 5.69 Å². The van der Waals surface area contributed by atoms with Gasteiger partial charge in [-0.3, -0.25) is 14.9 Å². The van der Waals surface area contributed by atoms with Crippen LogP contribution in [0.15, 0.2) is 23.2 Å². The zero-order valence-electron chi connectivity index (χ0n) is 16.6. The van der Waals surface area contributed by atoms with Gasteiger partial charge in [0.05, 0.1) is 23.5 Å². The SMILES string of the molecule is COc1ccc([N+](=O)[O-])cc1NC(=O)CSc1nc(C)nc2sc3c(c12)CCCC3. The number of nitro benzene ring substituents is 1. The van der Waals surface area contributed by atoms with E-state index in [1.54, 1.807) is 11.3 Å². The van der Waals surface area contributed by atoms with Crippen LogP contribution in [0.1, 0.15) is 29.1 Å². The Morgan fingerprint density at radius 1 is 1.33 bits per heavy atom. The molecule has 4 rings (SSSR count). The molecule has 0 saturated heterocycles. The molecule has 10 heteroatoms. The average molecular weight is 445 g/mol. The average Bonchev–Trinajstić information content (AvgIpc) is 3.10. The Labute approximate surface area is 181 Å². The molecule has 2 heterocycles. The molecule has 0 atom stereocenters. The molecule has 2 aromatic heterocycles. The minimum Gasteiger partial charge on any atom is -0.495 e. The van der Waals surface area contributed by atoms with Crippen LogP contribution in [0, 0.1) is 17.0 Å². The van der Waals surface area contributed by atoms with Gasteiger partial charge in [-0.2, -0.15) is 0 Å². The van der Waals surface area contributed by atoms with Crippen LogP contribution < -0.4 is 10.1 Å². The normalized spacial score (nSPS) is 13.1. The maximum absolute atomic E-state index is 12.6. The molecule has 0 unspecified atom stereocenters. The van der Waals surface area contributed by atoms with Gasteiger partial charge >= 0.3 is 0 Å². The highest BCUT2D eigenvalue weighted by Crippen LogP contribution is 2.39. The number of non-ortho nitro benzene ring substituents is 1. The van der Waals surface area contributed by atoms with E-state index in [2.05, 4.69) is 15.3 Å². The van der Waals surface area contributed by atoms with Gasteiger partial charge < -0.3 is 10.1 Å². The van der Waals surface area contributed by atoms with Crippen LogP contribution in [0.2, 0.25) is 0 Å². The first-order valence-corrected chi connectivity index (χ1v) is 11.3. The third-order valence-corrected chi connectivity index (χ3v) is 7.06. The smallest absolute Gasteiger partial charge is 0.271 e. The molecule has 0 spiro atoms. The number of amides is 1. The van der Waals surface area contributed by atoms with Crippen LogP contribution in [0.25, 0.3) is 10.2 Å². The number of rotatable bonds is 6. The van der Waals surface area contributed by atoms with Gasteiger partial charge in [0.2, 0.25) is 5.91 Å². The Bertz CT molecular complexity index is 1150. The van der Waals surface area contributed by atoms with Crippen molar-refractivity contribution in [2.45, 2.75) is 37.6 Å². The number of nitro groups is 1. The quantitative estimate of drug-likeness (QED) is 0.258. The van der Waals surface area contributed by atoms with Crippen molar-refractivity contribution in [3.05, 3.63) is 44.6 Å². The fourth-order valence-corrected chi connectivity index (χ4v) is 5.83. The van der Waals surface area contributed by atoms with Crippen LogP contribution >= 0.6 is 23.1 Å². The minimum absolute atomic E-state index is 0.114. The number of thioether (sulfide) groups is 1. The number of carbonyl (C=O) groups excluding carboxylic acids is 1. The van der Waals surface area contributed by atoms with Gasteiger partial charge in [-0.25, -0.2) is 9.97 Å². The highest BCUT2D eigenvalue weighted by atomic mass is 32.2. The van der Waals surface area contributed by atoms with E-state index in [1.807, 2.05) is 6.92 Å². The van der Waals surface area contributed by atoms with Gasteiger partial charge in [-0.15, -0.1) is 11.3 Å². The van der Waals surface area contributed by atoms with Crippen LogP contribution in [0.4, 0.5) is 11.4 Å². The Morgan fingerprint density at radius 3 is 2.90 bits per heavy atom. The van der Waals surface area contributed by atoms with Gasteiger partial charge in [0, 0.05) is 22.4 Å². The minimum atomic E-state index is -0.510. The topological polar surface area (TPSA) is 107 Å². The fraction of sp³-hybridized carbons (Fsp3) is 0.350. The van der Waals surface area contributed by atoms with E-state index in [0.29, 0.717) is 11.6 Å². The molecule has 1 N–H and O–H groups in total. The number of nitrogens with one attached hydrogen (secondary N) is 1. The number of aromatic nitrogens is 2. The summed E-state index contributed by atoms with van der Waals surface area (Å²) in [5.74, 6) is 0.893. The Hall–Kier alpha value is -2.72. The predicted octanol–water partition coefficient (Wildman–Crippen LogP) is 4.53. The number of methoxy groups -OCH3 is 1. The van der Waals surface area contributed by atoms with Crippen LogP contribution in [0.5, 0.6) is 5.75 Å². The second-order valence-electron chi connectivity index (χ2n) is 6.95. The van der Waals surface area contributed by atoms with Crippen molar-refractivity contribution in [1.82, 2.24) is 9.97 Å². The molecule has 0 fully saturated rings. The number of aryl methyl sites for hydroxylation is 3. The van der Waals surface area contributed by atoms with Crippen LogP contribution in [-0.4, -0.2) is 33.7 Å². The van der Waals surface area contributed by atoms with E-state index in [9.17, 15) is 14.9 Å². The summed E-state index contributed by atoms with van der Waals surface area (Å²) >= 11 is 3.09. The van der Waals surface area contributed by atoms with E-state index in [1.165, 1.54) is 53.9 Å². The number of hydrogen-bond donors (Lipinski definition) is 1. The number of anilines is 1. The molecular weight excluding hydrogens is 424 g/mol. The van der Waals surface area contributed by atoms with E-state index in [-0.39, 0.29) is 23.0 Å². The fourth-order valence-electron chi connectivity index (χ4n) is 3.56. The maximum atomic E-state index is 12.6. The summed E-state index contributed by atoms with van der Waals surface area (Å²) in [5, 5.41) is 15.6. The van der Waals surface area contributed by atoms with Crippen molar-refractivity contribution < 1.29 is 14.5 Å². The summed E-state index contributed by atoms with van der Waals surface area (Å²) < 4.78 is 5.21. The van der Waals surface area contributed by atoms with E-state index in [0.717, 1.165) is 34.5 Å². The lowest BCUT2D eigenvalue weighted by Gasteiger charge is -2.12. The molecule has 3 aromatic rings. The van der Waals surface area contributed by atoms with Crippen molar-refractivity contribution in [1.29, 1.82) is 0 Å². The van der Waals surface area contributed by atoms with E-state index >= 15 is 0 Å². The number of thiophene rings is 1. The number of ether oxygens (including phenoxy) is 1. The van der Waals surface area contributed by atoms with Crippen molar-refractivity contribution in [2.75, 3.05) is 18.2 Å². The predicted molar refractivity (Wildman–Crippen MR) is 118 cm³/mol. The molecule has 0 saturated carbocycles. The standard InChI is InChI=1S/C20H20N4O4S2/c1-11-21-19(18-13-5-3-4-6-16(13)30-20(18)22-11)29-10-17(25)23-14-9-12(24(26)27)7-8-15(14)28-2/h7-9H,3-6,10H2,1-2H3,(H,23,25). The summed E-state index contributed by atoms with van der Waals surface area (Å²) in [6, 6.07) is 4.10. The molecule has 0 bridgehead atoms. The number of nitrogens with zero attached hydrogens (tertiary/aromatic N) is 3. The molecule has 156 valence electrons. The third kappa shape index (κ3) is 4.10. The Balaban J connectivity index is 1.55. The van der Waals surface area contributed by atoms with Crippen LogP contribution in [-0.2, 0) is 17.6 Å². The van der Waals surface area contributed by atoms with E-state index < -0.39 is 4.92 Å². The number of carbonyl (C=O) groups is 1. The lowest BCUT2D eigenvalue weighted by atomic mass is 9.97. The first kappa shape index (κ1) is 20.5. The summed E-state index contributed by atoms with van der Waals surface area (Å²) in [4.78, 5) is 34.7. The summed E-state index contributed by atoms with van der Waals surface area (Å²) in [6.07, 6.45) is 4.45. The maximum Gasteiger partial charge on any atom is 0.271 e. The van der Waals surface area contributed by atoms with Crippen molar-refractivity contribution in [3.8, 4) is 5.75 Å². The highest BCUT2D eigenvalue weighted by Gasteiger charge is 2.21. The summed E-state index contributed by atoms with van der Waals surface area (Å²) in [5.41, 5.74) is 1.48. The van der Waals surface area contributed by atoms with E-state index in [4.69, 9.17) is 4.74 Å². The molecule has 1 aromatic carbocycles. The van der Waals surface area contributed by atoms with Crippen molar-refractivity contribution in [3.63, 3.8) is 0 Å². The second-order valence-corrected chi connectivity index (χ2v) is 8.99. The first-order valence-electron chi connectivity index (χ1n) is 9.50. The second kappa shape index (κ2) is 8.57. The monoisotopic (exact) mass is 444 g/mol.